The van der Waals surface area contributed by atoms with Crippen LogP contribution in [0.25, 0.3) is 0 Å². The van der Waals surface area contributed by atoms with Crippen LogP contribution in [0.4, 0.5) is 0 Å². The van der Waals surface area contributed by atoms with E-state index in [1.807, 2.05) is 30.3 Å². The average molecular weight is 224 g/mol. The van der Waals surface area contributed by atoms with E-state index in [0.29, 0.717) is 6.42 Å². The first-order valence-corrected chi connectivity index (χ1v) is 5.24. The topological polar surface area (TPSA) is 32.3 Å². The van der Waals surface area contributed by atoms with Gasteiger partial charge in [0.15, 0.2) is 0 Å². The molecule has 1 atom stereocenters. The highest BCUT2D eigenvalue weighted by atomic mass is 32.1. The van der Waals surface area contributed by atoms with Crippen LogP contribution >= 0.6 is 12.8 Å². The highest BCUT2D eigenvalue weighted by Crippen LogP contribution is 2.05. The molecule has 0 aliphatic rings. The Morgan fingerprint density at radius 1 is 1.40 bits per heavy atom. The Hall–Kier alpha value is -1.00. The number of thiol groups is 1. The lowest BCUT2D eigenvalue weighted by Gasteiger charge is -2.19. The van der Waals surface area contributed by atoms with Gasteiger partial charge in [0.05, 0.1) is 6.04 Å². The van der Waals surface area contributed by atoms with Crippen LogP contribution in [0.3, 0.4) is 0 Å². The number of carbonyl (C=O) groups excluding carboxylic acids is 1. The molecule has 4 heteroatoms. The summed E-state index contributed by atoms with van der Waals surface area (Å²) in [4.78, 5) is 13.3. The molecule has 1 rings (SSSR count). The van der Waals surface area contributed by atoms with Crippen molar-refractivity contribution in [1.29, 1.82) is 0 Å². The smallest absolute Gasteiger partial charge is 0.240 e. The van der Waals surface area contributed by atoms with Crippen molar-refractivity contribution in [1.82, 2.24) is 9.62 Å². The minimum Gasteiger partial charge on any atom is -0.347 e. The summed E-state index contributed by atoms with van der Waals surface area (Å²) in [6.45, 7) is 0. The van der Waals surface area contributed by atoms with Crippen LogP contribution in [0.15, 0.2) is 30.3 Å². The van der Waals surface area contributed by atoms with Gasteiger partial charge in [0, 0.05) is 14.1 Å². The summed E-state index contributed by atoms with van der Waals surface area (Å²) in [6.07, 6.45) is 0.654. The van der Waals surface area contributed by atoms with Gasteiger partial charge in [0.25, 0.3) is 0 Å². The molecule has 3 nitrogen and oxygen atoms in total. The van der Waals surface area contributed by atoms with E-state index in [9.17, 15) is 4.79 Å². The van der Waals surface area contributed by atoms with Gasteiger partial charge in [-0.3, -0.25) is 9.52 Å². The van der Waals surface area contributed by atoms with Crippen molar-refractivity contribution in [2.45, 2.75) is 12.5 Å². The summed E-state index contributed by atoms with van der Waals surface area (Å²) >= 11 is 3.98. The molecule has 1 N–H and O–H groups in total. The number of hydrogen-bond donors (Lipinski definition) is 2. The summed E-state index contributed by atoms with van der Waals surface area (Å²) < 4.78 is 2.73. The number of amides is 1. The zero-order chi connectivity index (χ0) is 11.3. The first kappa shape index (κ1) is 12.1. The van der Waals surface area contributed by atoms with E-state index in [4.69, 9.17) is 0 Å². The zero-order valence-electron chi connectivity index (χ0n) is 8.97. The molecule has 0 fully saturated rings. The molecule has 0 aliphatic heterocycles. The predicted octanol–water partition coefficient (Wildman–Crippen LogP) is 1.12. The van der Waals surface area contributed by atoms with Crippen LogP contribution in [0.2, 0.25) is 0 Å². The van der Waals surface area contributed by atoms with Gasteiger partial charge < -0.3 is 4.90 Å². The fourth-order valence-corrected chi connectivity index (χ4v) is 1.55. The number of likely N-dealkylation sites (N-methyl/N-ethyl adjacent to an activating group) is 1. The highest BCUT2D eigenvalue weighted by molar-refractivity contribution is 7.78. The van der Waals surface area contributed by atoms with Gasteiger partial charge in [-0.1, -0.05) is 43.1 Å². The second-order valence-corrected chi connectivity index (χ2v) is 3.86. The van der Waals surface area contributed by atoms with Crippen molar-refractivity contribution in [3.8, 4) is 0 Å². The lowest BCUT2D eigenvalue weighted by molar-refractivity contribution is -0.130. The first-order valence-electron chi connectivity index (χ1n) is 4.80. The molecule has 0 saturated carbocycles. The maximum Gasteiger partial charge on any atom is 0.240 e. The standard InChI is InChI=1S/C11H16N2OS/c1-13(2)11(14)10(12-15)8-9-6-4-3-5-7-9/h3-7,10,12,15H,8H2,1-2H3. The third-order valence-electron chi connectivity index (χ3n) is 2.18. The second kappa shape index (κ2) is 5.78. The quantitative estimate of drug-likeness (QED) is 0.751. The lowest BCUT2D eigenvalue weighted by atomic mass is 10.1. The van der Waals surface area contributed by atoms with E-state index >= 15 is 0 Å². The number of nitrogens with one attached hydrogen (secondary N) is 1. The number of hydrogen-bond acceptors (Lipinski definition) is 3. The number of nitrogens with zero attached hydrogens (tertiary/aromatic N) is 1. The molecule has 1 aromatic carbocycles. The Kier molecular flexibility index (Phi) is 4.65. The maximum absolute atomic E-state index is 11.7. The van der Waals surface area contributed by atoms with E-state index in [-0.39, 0.29) is 11.9 Å². The molecule has 1 aromatic rings. The molecule has 82 valence electrons. The van der Waals surface area contributed by atoms with E-state index in [2.05, 4.69) is 17.5 Å². The fraction of sp³-hybridized carbons (Fsp3) is 0.364. The summed E-state index contributed by atoms with van der Waals surface area (Å²) in [7, 11) is 3.48. The van der Waals surface area contributed by atoms with E-state index in [0.717, 1.165) is 5.56 Å². The molecular formula is C11H16N2OS. The third kappa shape index (κ3) is 3.57. The van der Waals surface area contributed by atoms with Crippen LogP contribution in [0.1, 0.15) is 5.56 Å². The molecule has 0 bridgehead atoms. The molecular weight excluding hydrogens is 208 g/mol. The van der Waals surface area contributed by atoms with E-state index in [1.165, 1.54) is 0 Å². The summed E-state index contributed by atoms with van der Waals surface area (Å²) in [5.41, 5.74) is 1.12. The van der Waals surface area contributed by atoms with Crippen LogP contribution in [-0.2, 0) is 11.2 Å². The second-order valence-electron chi connectivity index (χ2n) is 3.60. The molecule has 0 aliphatic carbocycles. The summed E-state index contributed by atoms with van der Waals surface area (Å²) in [5, 5.41) is 0. The van der Waals surface area contributed by atoms with Crippen molar-refractivity contribution < 1.29 is 4.79 Å². The first-order chi connectivity index (χ1) is 7.15. The molecule has 0 spiro atoms. The van der Waals surface area contributed by atoms with Gasteiger partial charge >= 0.3 is 0 Å². The van der Waals surface area contributed by atoms with Crippen LogP contribution in [0, 0.1) is 0 Å². The van der Waals surface area contributed by atoms with Gasteiger partial charge in [-0.15, -0.1) is 0 Å². The maximum atomic E-state index is 11.7. The Labute approximate surface area is 96.0 Å². The number of rotatable bonds is 4. The van der Waals surface area contributed by atoms with Gasteiger partial charge in [-0.05, 0) is 12.0 Å². The molecule has 1 unspecified atom stereocenters. The van der Waals surface area contributed by atoms with Crippen molar-refractivity contribution in [3.63, 3.8) is 0 Å². The summed E-state index contributed by atoms with van der Waals surface area (Å²) in [6, 6.07) is 9.62. The normalized spacial score (nSPS) is 12.2. The molecule has 0 aromatic heterocycles. The predicted molar refractivity (Wildman–Crippen MR) is 64.7 cm³/mol. The molecule has 1 amide bonds. The highest BCUT2D eigenvalue weighted by Gasteiger charge is 2.18. The van der Waals surface area contributed by atoms with Gasteiger partial charge in [-0.2, -0.15) is 0 Å². The van der Waals surface area contributed by atoms with Crippen LogP contribution < -0.4 is 4.72 Å². The average Bonchev–Trinajstić information content (AvgIpc) is 2.26. The zero-order valence-corrected chi connectivity index (χ0v) is 9.87. The van der Waals surface area contributed by atoms with E-state index in [1.54, 1.807) is 19.0 Å². The fourth-order valence-electron chi connectivity index (χ4n) is 1.35. The van der Waals surface area contributed by atoms with Gasteiger partial charge in [0.2, 0.25) is 5.91 Å². The largest absolute Gasteiger partial charge is 0.347 e. The summed E-state index contributed by atoms with van der Waals surface area (Å²) in [5.74, 6) is 0.0360. The van der Waals surface area contributed by atoms with Crippen molar-refractivity contribution in [2.24, 2.45) is 0 Å². The lowest BCUT2D eigenvalue weighted by Crippen LogP contribution is -2.41. The third-order valence-corrected chi connectivity index (χ3v) is 2.49. The van der Waals surface area contributed by atoms with Gasteiger partial charge in [-0.25, -0.2) is 0 Å². The Morgan fingerprint density at radius 2 is 2.00 bits per heavy atom. The van der Waals surface area contributed by atoms with Crippen molar-refractivity contribution in [2.75, 3.05) is 14.1 Å². The van der Waals surface area contributed by atoms with Crippen molar-refractivity contribution >= 4 is 18.7 Å². The van der Waals surface area contributed by atoms with Gasteiger partial charge in [0.1, 0.15) is 0 Å². The number of benzene rings is 1. The van der Waals surface area contributed by atoms with Crippen LogP contribution in [0.5, 0.6) is 0 Å². The molecule has 0 saturated heterocycles. The van der Waals surface area contributed by atoms with Crippen molar-refractivity contribution in [3.05, 3.63) is 35.9 Å². The van der Waals surface area contributed by atoms with Crippen LogP contribution in [-0.4, -0.2) is 30.9 Å². The minimum atomic E-state index is -0.272. The SMILES string of the molecule is CN(C)C(=O)C(Cc1ccccc1)NS. The molecule has 0 radical (unpaired) electrons. The van der Waals surface area contributed by atoms with E-state index < -0.39 is 0 Å². The Balaban J connectivity index is 2.66. The monoisotopic (exact) mass is 224 g/mol. The molecule has 0 heterocycles. The molecule has 15 heavy (non-hydrogen) atoms. The minimum absolute atomic E-state index is 0.0360. The Bertz CT molecular complexity index is 314. The number of carbonyl (C=O) groups is 1. The Morgan fingerprint density at radius 3 is 2.47 bits per heavy atom.